The van der Waals surface area contributed by atoms with Gasteiger partial charge in [0, 0.05) is 53.1 Å². The zero-order valence-corrected chi connectivity index (χ0v) is 17.9. The van der Waals surface area contributed by atoms with E-state index in [0.717, 1.165) is 40.8 Å². The molecule has 3 aromatic heterocycles. The predicted molar refractivity (Wildman–Crippen MR) is 126 cm³/mol. The molecule has 32 heavy (non-hydrogen) atoms. The van der Waals surface area contributed by atoms with Crippen molar-refractivity contribution in [1.82, 2.24) is 19.9 Å². The van der Waals surface area contributed by atoms with Gasteiger partial charge in [-0.15, -0.1) is 0 Å². The number of aromatic nitrogens is 4. The Bertz CT molecular complexity index is 1380. The Morgan fingerprint density at radius 1 is 0.938 bits per heavy atom. The molecule has 5 aromatic rings. The van der Waals surface area contributed by atoms with Crippen LogP contribution in [-0.4, -0.2) is 40.7 Å². The van der Waals surface area contributed by atoms with Gasteiger partial charge >= 0.3 is 0 Å². The van der Waals surface area contributed by atoms with Gasteiger partial charge in [0.1, 0.15) is 5.82 Å². The Kier molecular flexibility index (Phi) is 5.29. The summed E-state index contributed by atoms with van der Waals surface area (Å²) in [6.45, 7) is 0.717. The molecule has 0 amide bonds. The number of benzene rings is 2. The van der Waals surface area contributed by atoms with Crippen LogP contribution in [0.1, 0.15) is 5.56 Å². The Morgan fingerprint density at radius 2 is 1.78 bits per heavy atom. The molecule has 0 atom stereocenters. The van der Waals surface area contributed by atoms with E-state index in [0.29, 0.717) is 17.3 Å². The lowest BCUT2D eigenvalue weighted by Gasteiger charge is -2.14. The van der Waals surface area contributed by atoms with Crippen molar-refractivity contribution in [3.05, 3.63) is 72.7 Å². The van der Waals surface area contributed by atoms with Crippen molar-refractivity contribution in [1.29, 1.82) is 0 Å². The molecule has 5 rings (SSSR count). The largest absolute Gasteiger partial charge is 0.493 e. The van der Waals surface area contributed by atoms with Gasteiger partial charge in [0.2, 0.25) is 0 Å². The van der Waals surface area contributed by atoms with Crippen LogP contribution < -0.4 is 14.8 Å². The summed E-state index contributed by atoms with van der Waals surface area (Å²) >= 11 is 0. The maximum absolute atomic E-state index is 5.50. The number of nitrogens with zero attached hydrogens (tertiary/aromatic N) is 3. The molecule has 0 aliphatic carbocycles. The Morgan fingerprint density at radius 3 is 2.59 bits per heavy atom. The number of fused-ring (bicyclic) bond motifs is 2. The minimum absolute atomic E-state index is 0.604. The van der Waals surface area contributed by atoms with E-state index < -0.39 is 0 Å². The zero-order chi connectivity index (χ0) is 21.9. The third-order valence-electron chi connectivity index (χ3n) is 5.48. The topological polar surface area (TPSA) is 85.0 Å². The second-order valence-corrected chi connectivity index (χ2v) is 7.40. The fourth-order valence-electron chi connectivity index (χ4n) is 3.87. The monoisotopic (exact) mass is 425 g/mol. The van der Waals surface area contributed by atoms with Gasteiger partial charge in [0.05, 0.1) is 19.7 Å². The van der Waals surface area contributed by atoms with Gasteiger partial charge in [0.25, 0.3) is 0 Å². The van der Waals surface area contributed by atoms with Crippen LogP contribution in [0.2, 0.25) is 0 Å². The van der Waals surface area contributed by atoms with Crippen LogP contribution in [0.15, 0.2) is 67.1 Å². The van der Waals surface area contributed by atoms with Crippen molar-refractivity contribution in [3.63, 3.8) is 0 Å². The summed E-state index contributed by atoms with van der Waals surface area (Å²) < 4.78 is 11.0. The van der Waals surface area contributed by atoms with Gasteiger partial charge in [0.15, 0.2) is 17.3 Å². The van der Waals surface area contributed by atoms with E-state index >= 15 is 0 Å². The predicted octanol–water partition coefficient (Wildman–Crippen LogP) is 4.84. The van der Waals surface area contributed by atoms with Gasteiger partial charge in [-0.25, -0.2) is 9.97 Å². The van der Waals surface area contributed by atoms with Gasteiger partial charge in [-0.3, -0.25) is 4.98 Å². The molecule has 0 aliphatic rings. The molecule has 2 N–H and O–H groups in total. The van der Waals surface area contributed by atoms with E-state index in [1.165, 1.54) is 10.9 Å². The van der Waals surface area contributed by atoms with E-state index in [-0.39, 0.29) is 0 Å². The summed E-state index contributed by atoms with van der Waals surface area (Å²) in [4.78, 5) is 17.1. The van der Waals surface area contributed by atoms with E-state index in [1.807, 2.05) is 30.3 Å². The molecule has 0 saturated carbocycles. The lowest BCUT2D eigenvalue weighted by atomic mass is 10.1. The first-order chi connectivity index (χ1) is 15.8. The number of para-hydroxylation sites is 1. The van der Waals surface area contributed by atoms with Crippen LogP contribution in [-0.2, 0) is 6.42 Å². The second-order valence-electron chi connectivity index (χ2n) is 7.40. The van der Waals surface area contributed by atoms with E-state index in [2.05, 4.69) is 39.7 Å². The molecule has 0 unspecified atom stereocenters. The Labute approximate surface area is 185 Å². The Hall–Kier alpha value is -4.13. The van der Waals surface area contributed by atoms with Gasteiger partial charge < -0.3 is 19.8 Å². The molecule has 2 aromatic carbocycles. The van der Waals surface area contributed by atoms with Gasteiger partial charge in [-0.1, -0.05) is 18.2 Å². The molecule has 0 aliphatic heterocycles. The molecule has 7 heteroatoms. The molecule has 160 valence electrons. The summed E-state index contributed by atoms with van der Waals surface area (Å²) in [7, 11) is 3.24. The summed E-state index contributed by atoms with van der Waals surface area (Å²) in [5, 5.41) is 5.62. The number of nitrogens with one attached hydrogen (secondary N) is 2. The third kappa shape index (κ3) is 3.69. The maximum atomic E-state index is 5.50. The number of pyridine rings is 1. The first-order valence-corrected chi connectivity index (χ1v) is 10.4. The fourth-order valence-corrected chi connectivity index (χ4v) is 3.87. The van der Waals surface area contributed by atoms with Crippen LogP contribution in [0, 0.1) is 0 Å². The normalized spacial score (nSPS) is 11.1. The average Bonchev–Trinajstić information content (AvgIpc) is 3.26. The minimum Gasteiger partial charge on any atom is -0.493 e. The summed E-state index contributed by atoms with van der Waals surface area (Å²) in [5.74, 6) is 2.61. The smallest absolute Gasteiger partial charge is 0.163 e. The van der Waals surface area contributed by atoms with E-state index in [9.17, 15) is 0 Å². The highest BCUT2D eigenvalue weighted by Crippen LogP contribution is 2.35. The number of hydrogen-bond acceptors (Lipinski definition) is 6. The highest BCUT2D eigenvalue weighted by molar-refractivity contribution is 5.93. The summed E-state index contributed by atoms with van der Waals surface area (Å²) in [6.07, 6.45) is 6.42. The van der Waals surface area contributed by atoms with Crippen molar-refractivity contribution in [3.8, 4) is 22.9 Å². The summed E-state index contributed by atoms with van der Waals surface area (Å²) in [5.41, 5.74) is 4.03. The van der Waals surface area contributed by atoms with Crippen LogP contribution in [0.5, 0.6) is 11.5 Å². The molecule has 3 heterocycles. The van der Waals surface area contributed by atoms with Crippen molar-refractivity contribution < 1.29 is 9.47 Å². The van der Waals surface area contributed by atoms with E-state index in [1.54, 1.807) is 26.6 Å². The zero-order valence-electron chi connectivity index (χ0n) is 17.9. The SMILES string of the molecule is COc1cc2nc(-c3cccnc3)nc(NCCc3c[nH]c4ccccc34)c2cc1OC. The first kappa shape index (κ1) is 19.8. The minimum atomic E-state index is 0.604. The van der Waals surface area contributed by atoms with Crippen molar-refractivity contribution in [2.75, 3.05) is 26.1 Å². The quantitative estimate of drug-likeness (QED) is 0.388. The number of anilines is 1. The standard InChI is InChI=1S/C25H23N5O2/c1-31-22-12-19-21(13-23(22)32-2)29-24(17-6-5-10-26-14-17)30-25(19)27-11-9-16-15-28-20-8-4-3-7-18(16)20/h3-8,10,12-15,28H,9,11H2,1-2H3,(H,27,29,30). The number of aromatic amines is 1. The van der Waals surface area contributed by atoms with Crippen molar-refractivity contribution in [2.24, 2.45) is 0 Å². The van der Waals surface area contributed by atoms with Crippen molar-refractivity contribution >= 4 is 27.6 Å². The van der Waals surface area contributed by atoms with Gasteiger partial charge in [-0.2, -0.15) is 0 Å². The Balaban J connectivity index is 1.52. The number of hydrogen-bond donors (Lipinski definition) is 2. The highest BCUT2D eigenvalue weighted by atomic mass is 16.5. The number of ether oxygens (including phenoxy) is 2. The molecular weight excluding hydrogens is 402 g/mol. The molecule has 0 radical (unpaired) electrons. The summed E-state index contributed by atoms with van der Waals surface area (Å²) in [6, 6.07) is 15.9. The molecule has 0 spiro atoms. The van der Waals surface area contributed by atoms with Crippen molar-refractivity contribution in [2.45, 2.75) is 6.42 Å². The maximum Gasteiger partial charge on any atom is 0.163 e. The number of methoxy groups -OCH3 is 2. The lowest BCUT2D eigenvalue weighted by Crippen LogP contribution is -2.08. The lowest BCUT2D eigenvalue weighted by molar-refractivity contribution is 0.356. The molecule has 0 fully saturated rings. The molecule has 7 nitrogen and oxygen atoms in total. The van der Waals surface area contributed by atoms with Crippen LogP contribution >= 0.6 is 0 Å². The number of H-pyrrole nitrogens is 1. The molecular formula is C25H23N5O2. The first-order valence-electron chi connectivity index (χ1n) is 10.4. The highest BCUT2D eigenvalue weighted by Gasteiger charge is 2.14. The number of rotatable bonds is 7. The van der Waals surface area contributed by atoms with Crippen LogP contribution in [0.3, 0.4) is 0 Å². The van der Waals surface area contributed by atoms with E-state index in [4.69, 9.17) is 19.4 Å². The third-order valence-corrected chi connectivity index (χ3v) is 5.48. The van der Waals surface area contributed by atoms with Gasteiger partial charge in [-0.05, 0) is 36.2 Å². The molecule has 0 bridgehead atoms. The van der Waals surface area contributed by atoms with Crippen LogP contribution in [0.25, 0.3) is 33.2 Å². The van der Waals surface area contributed by atoms with Crippen LogP contribution in [0.4, 0.5) is 5.82 Å². The average molecular weight is 425 g/mol. The second kappa shape index (κ2) is 8.55. The molecule has 0 saturated heterocycles. The fraction of sp³-hybridized carbons (Fsp3) is 0.160.